The average Bonchev–Trinajstić information content (AvgIpc) is 2.62. The second-order valence-electron chi connectivity index (χ2n) is 26.3. The van der Waals surface area contributed by atoms with Crippen LogP contribution in [-0.4, -0.2) is 96.7 Å². The highest BCUT2D eigenvalue weighted by molar-refractivity contribution is 7.47. The average molecular weight is 1350 g/mol. The fourth-order valence-electron chi connectivity index (χ4n) is 11.2. The van der Waals surface area contributed by atoms with Gasteiger partial charge in [-0.1, -0.05) is 336 Å². The number of phosphoric acid groups is 2. The summed E-state index contributed by atoms with van der Waals surface area (Å²) in [6, 6.07) is 0. The van der Waals surface area contributed by atoms with E-state index in [1.807, 2.05) is 0 Å². The molecule has 0 fully saturated rings. The van der Waals surface area contributed by atoms with Gasteiger partial charge in [0.1, 0.15) is 19.3 Å². The third-order valence-corrected chi connectivity index (χ3v) is 19.0. The third kappa shape index (κ3) is 66.7. The van der Waals surface area contributed by atoms with Crippen LogP contribution in [0.4, 0.5) is 0 Å². The topological polar surface area (TPSA) is 237 Å². The molecule has 0 spiro atoms. The van der Waals surface area contributed by atoms with E-state index < -0.39 is 97.5 Å². The van der Waals surface area contributed by atoms with Gasteiger partial charge in [0.25, 0.3) is 0 Å². The molecule has 17 nitrogen and oxygen atoms in total. The zero-order chi connectivity index (χ0) is 67.5. The number of hydrogen-bond acceptors (Lipinski definition) is 15. The summed E-state index contributed by atoms with van der Waals surface area (Å²) in [6.45, 7) is 4.89. The first-order chi connectivity index (χ1) is 44.7. The Morgan fingerprint density at radius 3 is 0.641 bits per heavy atom. The molecule has 19 heteroatoms. The van der Waals surface area contributed by atoms with Crippen LogP contribution in [0.5, 0.6) is 0 Å². The van der Waals surface area contributed by atoms with E-state index in [9.17, 15) is 43.2 Å². The first-order valence-corrected chi connectivity index (χ1v) is 41.3. The minimum Gasteiger partial charge on any atom is -0.462 e. The van der Waals surface area contributed by atoms with Crippen LogP contribution in [0.3, 0.4) is 0 Å². The van der Waals surface area contributed by atoms with E-state index in [1.54, 1.807) is 0 Å². The van der Waals surface area contributed by atoms with Gasteiger partial charge >= 0.3 is 39.5 Å². The molecule has 0 aromatic rings. The first-order valence-electron chi connectivity index (χ1n) is 38.3. The number of unbranched alkanes of at least 4 members (excludes halogenated alkanes) is 48. The van der Waals surface area contributed by atoms with Crippen LogP contribution in [0, 0.1) is 0 Å². The van der Waals surface area contributed by atoms with Crippen molar-refractivity contribution in [3.05, 3.63) is 0 Å². The molecule has 0 bridgehead atoms. The molecule has 0 aliphatic carbocycles. The van der Waals surface area contributed by atoms with E-state index in [0.29, 0.717) is 25.7 Å². The van der Waals surface area contributed by atoms with Crippen molar-refractivity contribution in [2.45, 2.75) is 406 Å². The molecule has 5 atom stereocenters. The van der Waals surface area contributed by atoms with Crippen LogP contribution in [-0.2, 0) is 65.4 Å². The van der Waals surface area contributed by atoms with Crippen LogP contribution >= 0.6 is 15.6 Å². The minimum atomic E-state index is -4.95. The smallest absolute Gasteiger partial charge is 0.462 e. The van der Waals surface area contributed by atoms with Gasteiger partial charge in [-0.3, -0.25) is 37.3 Å². The predicted octanol–water partition coefficient (Wildman–Crippen LogP) is 21.4. The van der Waals surface area contributed by atoms with E-state index in [2.05, 4.69) is 27.7 Å². The lowest BCUT2D eigenvalue weighted by atomic mass is 10.0. The molecule has 0 aromatic carbocycles. The number of aliphatic hydroxyl groups is 1. The van der Waals surface area contributed by atoms with Gasteiger partial charge in [-0.15, -0.1) is 0 Å². The van der Waals surface area contributed by atoms with Crippen molar-refractivity contribution in [2.75, 3.05) is 39.6 Å². The first kappa shape index (κ1) is 90.1. The molecular formula is C73H142O17P2. The maximum absolute atomic E-state index is 13.0. The highest BCUT2D eigenvalue weighted by atomic mass is 31.2. The number of carbonyl (C=O) groups is 4. The van der Waals surface area contributed by atoms with E-state index >= 15 is 0 Å². The summed E-state index contributed by atoms with van der Waals surface area (Å²) in [6.07, 6.45) is 57.2. The van der Waals surface area contributed by atoms with Gasteiger partial charge < -0.3 is 33.8 Å². The number of phosphoric ester groups is 2. The van der Waals surface area contributed by atoms with Crippen molar-refractivity contribution in [3.8, 4) is 0 Å². The van der Waals surface area contributed by atoms with Crippen molar-refractivity contribution in [3.63, 3.8) is 0 Å². The van der Waals surface area contributed by atoms with Gasteiger partial charge in [0, 0.05) is 25.7 Å². The number of ether oxygens (including phenoxy) is 4. The van der Waals surface area contributed by atoms with Crippen LogP contribution in [0.25, 0.3) is 0 Å². The summed E-state index contributed by atoms with van der Waals surface area (Å²) in [5, 5.41) is 10.6. The van der Waals surface area contributed by atoms with Crippen molar-refractivity contribution in [1.82, 2.24) is 0 Å². The quantitative estimate of drug-likeness (QED) is 0.0222. The SMILES string of the molecule is CCCCCCCCCCCCCCCCCCCC(=O)O[C@H](COC(=O)CCCCCCCCCCCCCCCCC)COP(=O)(O)OC[C@@H](O)COP(=O)(O)OC[C@@H](COC(=O)CCCCCCC)OC(=O)CCCCCCCCCCCCCCCCC. The van der Waals surface area contributed by atoms with Crippen molar-refractivity contribution in [2.24, 2.45) is 0 Å². The lowest BCUT2D eigenvalue weighted by Crippen LogP contribution is -2.30. The van der Waals surface area contributed by atoms with Gasteiger partial charge in [0.2, 0.25) is 0 Å². The summed E-state index contributed by atoms with van der Waals surface area (Å²) in [7, 11) is -9.89. The monoisotopic (exact) mass is 1350 g/mol. The lowest BCUT2D eigenvalue weighted by Gasteiger charge is -2.21. The summed E-state index contributed by atoms with van der Waals surface area (Å²) in [5.41, 5.74) is 0. The van der Waals surface area contributed by atoms with Crippen molar-refractivity contribution >= 4 is 39.5 Å². The normalized spacial score (nSPS) is 13.9. The Labute approximate surface area is 562 Å². The number of aliphatic hydroxyl groups excluding tert-OH is 1. The summed E-state index contributed by atoms with van der Waals surface area (Å²) in [5.74, 6) is -2.13. The molecule has 0 aromatic heterocycles. The third-order valence-electron chi connectivity index (χ3n) is 17.1. The van der Waals surface area contributed by atoms with Gasteiger partial charge in [0.15, 0.2) is 12.2 Å². The molecule has 0 heterocycles. The van der Waals surface area contributed by atoms with Crippen LogP contribution in [0.2, 0.25) is 0 Å². The highest BCUT2D eigenvalue weighted by Crippen LogP contribution is 2.45. The standard InChI is InChI=1S/C73H142O17P2/c1-5-9-13-17-20-23-26-29-32-33-36-39-42-45-48-52-56-60-73(78)90-69(64-84-71(76)58-54-50-46-43-40-37-34-30-27-24-21-18-14-10-6-2)66-88-92(81,82)86-62-67(74)61-85-91(79,80)87-65-68(63-83-70(75)57-53-49-16-12-8-4)89-72(77)59-55-51-47-44-41-38-35-31-28-25-22-19-15-11-7-3/h67-69,74H,5-66H2,1-4H3,(H,79,80)(H,81,82)/t67-,68+,69+/m0/s1. The minimum absolute atomic E-state index is 0.108. The number of carbonyl (C=O) groups excluding carboxylic acids is 4. The molecular weight excluding hydrogens is 1210 g/mol. The maximum Gasteiger partial charge on any atom is 0.472 e. The number of rotatable bonds is 74. The fourth-order valence-corrected chi connectivity index (χ4v) is 12.8. The van der Waals surface area contributed by atoms with Gasteiger partial charge in [-0.05, 0) is 25.7 Å². The predicted molar refractivity (Wildman–Crippen MR) is 372 cm³/mol. The molecule has 0 amide bonds. The fraction of sp³-hybridized carbons (Fsp3) is 0.945. The van der Waals surface area contributed by atoms with Crippen molar-refractivity contribution in [1.29, 1.82) is 0 Å². The van der Waals surface area contributed by atoms with Crippen LogP contribution < -0.4 is 0 Å². The second-order valence-corrected chi connectivity index (χ2v) is 29.2. The Morgan fingerprint density at radius 1 is 0.261 bits per heavy atom. The zero-order valence-corrected chi connectivity index (χ0v) is 61.3. The molecule has 3 N–H and O–H groups in total. The maximum atomic E-state index is 13.0. The zero-order valence-electron chi connectivity index (χ0n) is 59.5. The van der Waals surface area contributed by atoms with E-state index in [4.69, 9.17) is 37.0 Å². The van der Waals surface area contributed by atoms with E-state index in [1.165, 1.54) is 212 Å². The lowest BCUT2D eigenvalue weighted by molar-refractivity contribution is -0.161. The van der Waals surface area contributed by atoms with Gasteiger partial charge in [-0.2, -0.15) is 0 Å². The highest BCUT2D eigenvalue weighted by Gasteiger charge is 2.30. The van der Waals surface area contributed by atoms with Gasteiger partial charge in [-0.25, -0.2) is 9.13 Å². The number of esters is 4. The second kappa shape index (κ2) is 67.6. The largest absolute Gasteiger partial charge is 0.472 e. The Hall–Kier alpha value is -1.94. The molecule has 0 aliphatic heterocycles. The molecule has 546 valence electrons. The number of hydrogen-bond donors (Lipinski definition) is 3. The van der Waals surface area contributed by atoms with E-state index in [-0.39, 0.29) is 25.7 Å². The summed E-state index contributed by atoms with van der Waals surface area (Å²) < 4.78 is 68.2. The Bertz CT molecular complexity index is 1760. The molecule has 2 unspecified atom stereocenters. The molecule has 0 radical (unpaired) electrons. The molecule has 0 saturated heterocycles. The Kier molecular flexibility index (Phi) is 66.2. The molecule has 92 heavy (non-hydrogen) atoms. The van der Waals surface area contributed by atoms with Crippen molar-refractivity contribution < 1.29 is 80.2 Å². The molecule has 0 saturated carbocycles. The molecule has 0 rings (SSSR count). The summed E-state index contributed by atoms with van der Waals surface area (Å²) in [4.78, 5) is 72.4. The molecule has 0 aliphatic rings. The van der Waals surface area contributed by atoms with E-state index in [0.717, 1.165) is 96.3 Å². The summed E-state index contributed by atoms with van der Waals surface area (Å²) >= 11 is 0. The van der Waals surface area contributed by atoms with Gasteiger partial charge in [0.05, 0.1) is 26.4 Å². The Balaban J connectivity index is 5.14. The van der Waals surface area contributed by atoms with Crippen LogP contribution in [0.15, 0.2) is 0 Å². The Morgan fingerprint density at radius 2 is 0.435 bits per heavy atom. The van der Waals surface area contributed by atoms with Crippen LogP contribution in [0.1, 0.15) is 387 Å².